The number of ether oxygens (including phenoxy) is 1. The zero-order chi connectivity index (χ0) is 19.0. The van der Waals surface area contributed by atoms with Crippen molar-refractivity contribution in [2.24, 2.45) is 7.05 Å². The van der Waals surface area contributed by atoms with Crippen LogP contribution in [0.1, 0.15) is 30.0 Å². The van der Waals surface area contributed by atoms with E-state index in [1.54, 1.807) is 20.0 Å². The van der Waals surface area contributed by atoms with Gasteiger partial charge in [0.15, 0.2) is 11.4 Å². The van der Waals surface area contributed by atoms with Crippen LogP contribution in [-0.2, 0) is 18.2 Å². The Bertz CT molecular complexity index is 1050. The smallest absolute Gasteiger partial charge is 0.358 e. The van der Waals surface area contributed by atoms with Crippen LogP contribution in [0.5, 0.6) is 5.75 Å². The lowest BCUT2D eigenvalue weighted by atomic mass is 10.2. The summed E-state index contributed by atoms with van der Waals surface area (Å²) in [6.45, 7) is 3.70. The van der Waals surface area contributed by atoms with E-state index in [1.165, 1.54) is 33.4 Å². The molecule has 0 bridgehead atoms. The Morgan fingerprint density at radius 3 is 2.46 bits per heavy atom. The lowest BCUT2D eigenvalue weighted by molar-refractivity contribution is 0.0512. The maximum absolute atomic E-state index is 13.2. The van der Waals surface area contributed by atoms with Crippen LogP contribution in [0.4, 0.5) is 4.39 Å². The highest BCUT2D eigenvalue weighted by atomic mass is 19.1. The second-order valence-electron chi connectivity index (χ2n) is 5.84. The number of halogens is 1. The van der Waals surface area contributed by atoms with Gasteiger partial charge in [0.25, 0.3) is 5.56 Å². The van der Waals surface area contributed by atoms with Gasteiger partial charge in [-0.25, -0.2) is 9.18 Å². The molecule has 26 heavy (non-hydrogen) atoms. The minimum absolute atomic E-state index is 0.0251. The summed E-state index contributed by atoms with van der Waals surface area (Å²) in [5.41, 5.74) is 1.04. The van der Waals surface area contributed by atoms with E-state index >= 15 is 0 Å². The van der Waals surface area contributed by atoms with Crippen molar-refractivity contribution in [3.05, 3.63) is 57.9 Å². The number of pyridine rings is 1. The number of hydrogen-bond donors (Lipinski definition) is 1. The minimum Gasteiger partial charge on any atom is -0.505 e. The first kappa shape index (κ1) is 17.7. The Hall–Kier alpha value is -3.09. The molecule has 0 fully saturated rings. The highest BCUT2D eigenvalue weighted by Gasteiger charge is 2.25. The number of fused-ring (bicyclic) bond motifs is 1. The van der Waals surface area contributed by atoms with E-state index in [0.29, 0.717) is 23.3 Å². The second-order valence-corrected chi connectivity index (χ2v) is 5.84. The number of aromatic nitrogens is 2. The van der Waals surface area contributed by atoms with Gasteiger partial charge in [-0.05, 0) is 43.7 Å². The predicted molar refractivity (Wildman–Crippen MR) is 95.5 cm³/mol. The van der Waals surface area contributed by atoms with Crippen LogP contribution >= 0.6 is 0 Å². The van der Waals surface area contributed by atoms with E-state index in [-0.39, 0.29) is 17.7 Å². The molecule has 3 aromatic rings. The number of rotatable bonds is 4. The molecule has 0 saturated carbocycles. The molecule has 0 spiro atoms. The zero-order valence-electron chi connectivity index (χ0n) is 14.7. The summed E-state index contributed by atoms with van der Waals surface area (Å²) in [6, 6.07) is 7.26. The quantitative estimate of drug-likeness (QED) is 0.728. The number of carbonyl (C=O) groups excluding carboxylic acids is 1. The number of esters is 1. The molecule has 3 rings (SSSR count). The van der Waals surface area contributed by atoms with Crippen molar-refractivity contribution in [1.82, 2.24) is 9.13 Å². The average Bonchev–Trinajstić information content (AvgIpc) is 2.87. The maximum Gasteiger partial charge on any atom is 0.358 e. The van der Waals surface area contributed by atoms with Gasteiger partial charge in [-0.1, -0.05) is 6.92 Å². The third kappa shape index (κ3) is 2.65. The minimum atomic E-state index is -0.700. The molecular formula is C19H19FN2O4. The van der Waals surface area contributed by atoms with E-state index in [2.05, 4.69) is 0 Å². The summed E-state index contributed by atoms with van der Waals surface area (Å²) in [6.07, 6.45) is 0.531. The van der Waals surface area contributed by atoms with Crippen LogP contribution in [0.3, 0.4) is 0 Å². The van der Waals surface area contributed by atoms with Crippen molar-refractivity contribution in [3.8, 4) is 11.4 Å². The van der Waals surface area contributed by atoms with Gasteiger partial charge in [-0.3, -0.25) is 9.36 Å². The van der Waals surface area contributed by atoms with Crippen LogP contribution in [0.15, 0.2) is 35.1 Å². The van der Waals surface area contributed by atoms with Crippen molar-refractivity contribution in [1.29, 1.82) is 0 Å². The van der Waals surface area contributed by atoms with Gasteiger partial charge < -0.3 is 14.4 Å². The molecule has 1 N–H and O–H groups in total. The molecule has 0 aliphatic carbocycles. The fourth-order valence-corrected chi connectivity index (χ4v) is 3.10. The third-order valence-corrected chi connectivity index (χ3v) is 4.34. The molecule has 0 radical (unpaired) electrons. The van der Waals surface area contributed by atoms with Gasteiger partial charge in [0.2, 0.25) is 0 Å². The molecule has 2 aromatic heterocycles. The third-order valence-electron chi connectivity index (χ3n) is 4.34. The normalized spacial score (nSPS) is 11.1. The summed E-state index contributed by atoms with van der Waals surface area (Å²) in [4.78, 5) is 25.3. The summed E-state index contributed by atoms with van der Waals surface area (Å²) >= 11 is 0. The number of aromatic hydroxyl groups is 1. The highest BCUT2D eigenvalue weighted by Crippen LogP contribution is 2.31. The van der Waals surface area contributed by atoms with Crippen LogP contribution in [-0.4, -0.2) is 26.8 Å². The first-order valence-corrected chi connectivity index (χ1v) is 8.30. The van der Waals surface area contributed by atoms with Gasteiger partial charge in [-0.15, -0.1) is 0 Å². The van der Waals surface area contributed by atoms with Crippen molar-refractivity contribution in [2.75, 3.05) is 6.61 Å². The van der Waals surface area contributed by atoms with Crippen LogP contribution < -0.4 is 5.56 Å². The van der Waals surface area contributed by atoms with Gasteiger partial charge in [0, 0.05) is 18.4 Å². The van der Waals surface area contributed by atoms with Gasteiger partial charge in [-0.2, -0.15) is 0 Å². The molecule has 2 heterocycles. The predicted octanol–water partition coefficient (Wildman–Crippen LogP) is 2.91. The van der Waals surface area contributed by atoms with E-state index in [9.17, 15) is 19.1 Å². The molecule has 0 atom stereocenters. The van der Waals surface area contributed by atoms with Gasteiger partial charge >= 0.3 is 5.97 Å². The highest BCUT2D eigenvalue weighted by molar-refractivity contribution is 6.01. The van der Waals surface area contributed by atoms with E-state index in [1.807, 2.05) is 6.92 Å². The number of aryl methyl sites for hydroxylation is 2. The summed E-state index contributed by atoms with van der Waals surface area (Å²) < 4.78 is 21.1. The number of carbonyl (C=O) groups is 1. The van der Waals surface area contributed by atoms with Crippen molar-refractivity contribution >= 4 is 16.9 Å². The maximum atomic E-state index is 13.2. The SMILES string of the molecule is CCOC(=O)c1c(O)c2c(=O)n(-c3ccc(F)cc3)c(CC)cc2n1C. The van der Waals surface area contributed by atoms with E-state index < -0.39 is 23.1 Å². The molecule has 0 aliphatic heterocycles. The molecule has 0 unspecified atom stereocenters. The van der Waals surface area contributed by atoms with Crippen molar-refractivity contribution in [2.45, 2.75) is 20.3 Å². The lowest BCUT2D eigenvalue weighted by Crippen LogP contribution is -2.21. The van der Waals surface area contributed by atoms with Gasteiger partial charge in [0.1, 0.15) is 11.2 Å². The van der Waals surface area contributed by atoms with Crippen molar-refractivity contribution in [3.63, 3.8) is 0 Å². The summed E-state index contributed by atoms with van der Waals surface area (Å²) in [5.74, 6) is -1.52. The van der Waals surface area contributed by atoms with E-state index in [4.69, 9.17) is 4.74 Å². The fourth-order valence-electron chi connectivity index (χ4n) is 3.10. The standard InChI is InChI=1S/C19H19FN2O4/c1-4-12-10-14-15(17(23)16(21(14)3)19(25)26-5-2)18(24)22(12)13-8-6-11(20)7-9-13/h6-10,23H,4-5H2,1-3H3. The van der Waals surface area contributed by atoms with Gasteiger partial charge in [0.05, 0.1) is 12.1 Å². The summed E-state index contributed by atoms with van der Waals surface area (Å²) in [7, 11) is 1.59. The van der Waals surface area contributed by atoms with Crippen LogP contribution in [0.2, 0.25) is 0 Å². The first-order valence-electron chi connectivity index (χ1n) is 8.30. The Morgan fingerprint density at radius 1 is 1.23 bits per heavy atom. The first-order chi connectivity index (χ1) is 12.4. The zero-order valence-corrected chi connectivity index (χ0v) is 14.7. The molecular weight excluding hydrogens is 339 g/mol. The number of nitrogens with zero attached hydrogens (tertiary/aromatic N) is 2. The molecule has 0 amide bonds. The Balaban J connectivity index is 2.37. The molecule has 0 aliphatic rings. The molecule has 136 valence electrons. The number of hydrogen-bond acceptors (Lipinski definition) is 4. The Morgan fingerprint density at radius 2 is 1.88 bits per heavy atom. The second kappa shape index (κ2) is 6.67. The molecule has 0 saturated heterocycles. The average molecular weight is 358 g/mol. The van der Waals surface area contributed by atoms with Crippen LogP contribution in [0.25, 0.3) is 16.6 Å². The Labute approximate surface area is 149 Å². The molecule has 6 nitrogen and oxygen atoms in total. The fraction of sp³-hybridized carbons (Fsp3) is 0.263. The van der Waals surface area contributed by atoms with Crippen LogP contribution in [0, 0.1) is 5.82 Å². The van der Waals surface area contributed by atoms with Crippen molar-refractivity contribution < 1.29 is 19.0 Å². The largest absolute Gasteiger partial charge is 0.505 e. The Kier molecular flexibility index (Phi) is 4.54. The molecule has 1 aromatic carbocycles. The molecule has 7 heteroatoms. The van der Waals surface area contributed by atoms with E-state index in [0.717, 1.165) is 0 Å². The number of benzene rings is 1. The topological polar surface area (TPSA) is 73.5 Å². The lowest BCUT2D eigenvalue weighted by Gasteiger charge is -2.12. The monoisotopic (exact) mass is 358 g/mol. The summed E-state index contributed by atoms with van der Waals surface area (Å²) in [5, 5.41) is 10.6.